The van der Waals surface area contributed by atoms with Crippen LogP contribution in [-0.2, 0) is 6.42 Å². The number of rotatable bonds is 3. The van der Waals surface area contributed by atoms with Gasteiger partial charge >= 0.3 is 0 Å². The van der Waals surface area contributed by atoms with Crippen LogP contribution in [-0.4, -0.2) is 10.7 Å². The molecular weight excluding hydrogens is 263 g/mol. The summed E-state index contributed by atoms with van der Waals surface area (Å²) in [4.78, 5) is 0. The van der Waals surface area contributed by atoms with Gasteiger partial charge in [0.15, 0.2) is 0 Å². The first-order valence-electron chi connectivity index (χ1n) is 7.19. The van der Waals surface area contributed by atoms with E-state index in [1.807, 2.05) is 0 Å². The zero-order valence-corrected chi connectivity index (χ0v) is 12.2. The van der Waals surface area contributed by atoms with E-state index < -0.39 is 11.4 Å². The Kier molecular flexibility index (Phi) is 4.86. The van der Waals surface area contributed by atoms with Crippen molar-refractivity contribution in [1.29, 1.82) is 0 Å². The standard InChI is InChI=1S/C16H22ClFO/c1-2-12-4-3-8-16(19,9-7-12)11-13-5-6-15(18)14(17)10-13/h5-6,10,12,19H,2-4,7-9,11H2,1H3. The summed E-state index contributed by atoms with van der Waals surface area (Å²) in [5.74, 6) is 0.343. The molecule has 0 bridgehead atoms. The number of halogens is 2. The van der Waals surface area contributed by atoms with Gasteiger partial charge in [-0.2, -0.15) is 0 Å². The van der Waals surface area contributed by atoms with Crippen LogP contribution in [0.2, 0.25) is 5.02 Å². The lowest BCUT2D eigenvalue weighted by Gasteiger charge is -2.27. The molecular formula is C16H22ClFO. The second-order valence-corrected chi connectivity index (χ2v) is 6.26. The smallest absolute Gasteiger partial charge is 0.141 e. The highest BCUT2D eigenvalue weighted by molar-refractivity contribution is 6.30. The Balaban J connectivity index is 2.05. The molecule has 1 fully saturated rings. The van der Waals surface area contributed by atoms with Crippen LogP contribution in [0, 0.1) is 11.7 Å². The van der Waals surface area contributed by atoms with Crippen molar-refractivity contribution < 1.29 is 9.50 Å². The fourth-order valence-corrected chi connectivity index (χ4v) is 3.28. The maximum atomic E-state index is 13.1. The summed E-state index contributed by atoms with van der Waals surface area (Å²) < 4.78 is 13.1. The molecule has 3 heteroatoms. The van der Waals surface area contributed by atoms with Crippen LogP contribution < -0.4 is 0 Å². The summed E-state index contributed by atoms with van der Waals surface area (Å²) in [6.45, 7) is 2.22. The molecule has 1 saturated carbocycles. The molecule has 2 atom stereocenters. The average Bonchev–Trinajstić information content (AvgIpc) is 2.56. The lowest BCUT2D eigenvalue weighted by atomic mass is 9.87. The summed E-state index contributed by atoms with van der Waals surface area (Å²) in [7, 11) is 0. The fourth-order valence-electron chi connectivity index (χ4n) is 3.08. The van der Waals surface area contributed by atoms with E-state index in [1.54, 1.807) is 12.1 Å². The second-order valence-electron chi connectivity index (χ2n) is 5.85. The first kappa shape index (κ1) is 14.8. The van der Waals surface area contributed by atoms with Gasteiger partial charge in [0.1, 0.15) is 5.82 Å². The van der Waals surface area contributed by atoms with Crippen LogP contribution in [0.15, 0.2) is 18.2 Å². The molecule has 1 N–H and O–H groups in total. The van der Waals surface area contributed by atoms with Crippen molar-refractivity contribution in [2.75, 3.05) is 0 Å². The zero-order chi connectivity index (χ0) is 13.9. The molecule has 1 aromatic carbocycles. The van der Waals surface area contributed by atoms with Gasteiger partial charge in [0.2, 0.25) is 0 Å². The molecule has 0 amide bonds. The molecule has 0 saturated heterocycles. The molecule has 0 radical (unpaired) electrons. The largest absolute Gasteiger partial charge is 0.390 e. The van der Waals surface area contributed by atoms with Crippen molar-refractivity contribution in [1.82, 2.24) is 0 Å². The van der Waals surface area contributed by atoms with E-state index in [0.717, 1.165) is 37.2 Å². The molecule has 2 rings (SSSR count). The normalized spacial score (nSPS) is 28.1. The fraction of sp³-hybridized carbons (Fsp3) is 0.625. The number of aliphatic hydroxyl groups is 1. The Bertz CT molecular complexity index is 435. The Morgan fingerprint density at radius 2 is 2.16 bits per heavy atom. The van der Waals surface area contributed by atoms with E-state index in [2.05, 4.69) is 6.92 Å². The van der Waals surface area contributed by atoms with Crippen molar-refractivity contribution in [2.24, 2.45) is 5.92 Å². The summed E-state index contributed by atoms with van der Waals surface area (Å²) >= 11 is 5.80. The van der Waals surface area contributed by atoms with Crippen molar-refractivity contribution in [2.45, 2.75) is 57.5 Å². The van der Waals surface area contributed by atoms with Gasteiger partial charge in [-0.15, -0.1) is 0 Å². The zero-order valence-electron chi connectivity index (χ0n) is 11.5. The molecule has 0 heterocycles. The predicted octanol–water partition coefficient (Wildman–Crippen LogP) is 4.74. The minimum atomic E-state index is -0.648. The van der Waals surface area contributed by atoms with Gasteiger partial charge in [0.25, 0.3) is 0 Å². The van der Waals surface area contributed by atoms with Crippen LogP contribution in [0.5, 0.6) is 0 Å². The number of hydrogen-bond acceptors (Lipinski definition) is 1. The van der Waals surface area contributed by atoms with Gasteiger partial charge in [0, 0.05) is 6.42 Å². The Morgan fingerprint density at radius 3 is 2.84 bits per heavy atom. The molecule has 19 heavy (non-hydrogen) atoms. The van der Waals surface area contributed by atoms with E-state index >= 15 is 0 Å². The van der Waals surface area contributed by atoms with E-state index in [1.165, 1.54) is 18.9 Å². The third-order valence-electron chi connectivity index (χ3n) is 4.37. The molecule has 0 aromatic heterocycles. The summed E-state index contributed by atoms with van der Waals surface area (Å²) in [6.07, 6.45) is 6.80. The van der Waals surface area contributed by atoms with E-state index in [-0.39, 0.29) is 5.02 Å². The van der Waals surface area contributed by atoms with Gasteiger partial charge in [-0.25, -0.2) is 4.39 Å². The van der Waals surface area contributed by atoms with Crippen LogP contribution in [0.4, 0.5) is 4.39 Å². The Morgan fingerprint density at radius 1 is 1.37 bits per heavy atom. The Hall–Kier alpha value is -0.600. The lowest BCUT2D eigenvalue weighted by molar-refractivity contribution is 0.0241. The molecule has 1 aliphatic carbocycles. The lowest BCUT2D eigenvalue weighted by Crippen LogP contribution is -2.30. The third-order valence-corrected chi connectivity index (χ3v) is 4.66. The minimum Gasteiger partial charge on any atom is -0.390 e. The van der Waals surface area contributed by atoms with Crippen LogP contribution in [0.25, 0.3) is 0 Å². The van der Waals surface area contributed by atoms with Crippen molar-refractivity contribution in [3.05, 3.63) is 34.6 Å². The molecule has 106 valence electrons. The van der Waals surface area contributed by atoms with Crippen LogP contribution in [0.1, 0.15) is 51.0 Å². The highest BCUT2D eigenvalue weighted by atomic mass is 35.5. The third kappa shape index (κ3) is 3.93. The van der Waals surface area contributed by atoms with Gasteiger partial charge < -0.3 is 5.11 Å². The number of benzene rings is 1. The summed E-state index contributed by atoms with van der Waals surface area (Å²) in [5.41, 5.74) is 0.272. The maximum absolute atomic E-state index is 13.1. The monoisotopic (exact) mass is 284 g/mol. The van der Waals surface area contributed by atoms with Crippen LogP contribution in [0.3, 0.4) is 0 Å². The molecule has 1 aliphatic rings. The minimum absolute atomic E-state index is 0.140. The molecule has 2 unspecified atom stereocenters. The topological polar surface area (TPSA) is 20.2 Å². The van der Waals surface area contributed by atoms with Gasteiger partial charge in [-0.1, -0.05) is 43.9 Å². The molecule has 0 spiro atoms. The quantitative estimate of drug-likeness (QED) is 0.795. The van der Waals surface area contributed by atoms with Crippen molar-refractivity contribution in [3.63, 3.8) is 0 Å². The first-order chi connectivity index (χ1) is 9.02. The average molecular weight is 285 g/mol. The summed E-state index contributed by atoms with van der Waals surface area (Å²) in [5, 5.41) is 10.9. The first-order valence-corrected chi connectivity index (χ1v) is 7.56. The number of hydrogen-bond donors (Lipinski definition) is 1. The molecule has 1 nitrogen and oxygen atoms in total. The second kappa shape index (κ2) is 6.23. The SMILES string of the molecule is CCC1CCCC(O)(Cc2ccc(F)c(Cl)c2)CC1. The highest BCUT2D eigenvalue weighted by Crippen LogP contribution is 2.34. The molecule has 0 aliphatic heterocycles. The van der Waals surface area contributed by atoms with Crippen molar-refractivity contribution in [3.8, 4) is 0 Å². The van der Waals surface area contributed by atoms with Crippen molar-refractivity contribution >= 4 is 11.6 Å². The van der Waals surface area contributed by atoms with Crippen LogP contribution >= 0.6 is 11.6 Å². The van der Waals surface area contributed by atoms with E-state index in [9.17, 15) is 9.50 Å². The molecule has 1 aromatic rings. The summed E-state index contributed by atoms with van der Waals surface area (Å²) in [6, 6.07) is 4.74. The van der Waals surface area contributed by atoms with Gasteiger partial charge in [-0.05, 0) is 42.9 Å². The van der Waals surface area contributed by atoms with E-state index in [4.69, 9.17) is 11.6 Å². The predicted molar refractivity (Wildman–Crippen MR) is 76.9 cm³/mol. The van der Waals surface area contributed by atoms with E-state index in [0.29, 0.717) is 6.42 Å². The maximum Gasteiger partial charge on any atom is 0.141 e. The van der Waals surface area contributed by atoms with Gasteiger partial charge in [-0.3, -0.25) is 0 Å². The highest BCUT2D eigenvalue weighted by Gasteiger charge is 2.30. The van der Waals surface area contributed by atoms with Gasteiger partial charge in [0.05, 0.1) is 10.6 Å². The Labute approximate surface area is 119 Å².